The van der Waals surface area contributed by atoms with Crippen LogP contribution in [0, 0.1) is 0 Å². The van der Waals surface area contributed by atoms with Gasteiger partial charge in [-0.05, 0) is 17.8 Å². The van der Waals surface area contributed by atoms with Gasteiger partial charge in [0.2, 0.25) is 0 Å². The standard InChI is InChI=1S/C10H11NOS/c13-9-11-6-7-12-8-10-4-2-1-3-5-10/h1-5H,6-8H2. The second kappa shape index (κ2) is 6.49. The van der Waals surface area contributed by atoms with Gasteiger partial charge >= 0.3 is 0 Å². The van der Waals surface area contributed by atoms with Crippen molar-refractivity contribution >= 4 is 17.4 Å². The van der Waals surface area contributed by atoms with Gasteiger partial charge in [0.1, 0.15) is 0 Å². The van der Waals surface area contributed by atoms with E-state index in [1.165, 1.54) is 5.56 Å². The molecule has 1 aromatic carbocycles. The molecule has 13 heavy (non-hydrogen) atoms. The van der Waals surface area contributed by atoms with Gasteiger partial charge in [-0.1, -0.05) is 30.3 Å². The predicted molar refractivity (Wildman–Crippen MR) is 56.0 cm³/mol. The Kier molecular flexibility index (Phi) is 5.02. The monoisotopic (exact) mass is 193 g/mol. The fraction of sp³-hybridized carbons (Fsp3) is 0.300. The summed E-state index contributed by atoms with van der Waals surface area (Å²) in [6.07, 6.45) is 0. The van der Waals surface area contributed by atoms with Gasteiger partial charge in [-0.25, -0.2) is 4.99 Å². The molecule has 0 saturated heterocycles. The number of rotatable bonds is 5. The van der Waals surface area contributed by atoms with Gasteiger partial charge in [0.15, 0.2) is 0 Å². The molecule has 0 atom stereocenters. The number of hydrogen-bond donors (Lipinski definition) is 0. The summed E-state index contributed by atoms with van der Waals surface area (Å²) in [6.45, 7) is 1.82. The summed E-state index contributed by atoms with van der Waals surface area (Å²) in [7, 11) is 0. The summed E-state index contributed by atoms with van der Waals surface area (Å²) in [5, 5.41) is 2.29. The van der Waals surface area contributed by atoms with Crippen LogP contribution in [0.5, 0.6) is 0 Å². The van der Waals surface area contributed by atoms with Gasteiger partial charge in [-0.15, -0.1) is 0 Å². The normalized spacial score (nSPS) is 9.23. The Labute approximate surface area is 83.3 Å². The lowest BCUT2D eigenvalue weighted by molar-refractivity contribution is 0.128. The van der Waals surface area contributed by atoms with Gasteiger partial charge in [-0.3, -0.25) is 0 Å². The quantitative estimate of drug-likeness (QED) is 0.406. The Balaban J connectivity index is 2.17. The molecule has 0 unspecified atom stereocenters. The SMILES string of the molecule is S=C=NCCOCc1ccccc1. The van der Waals surface area contributed by atoms with Crippen LogP contribution in [0.3, 0.4) is 0 Å². The predicted octanol–water partition coefficient (Wildman–Crippen LogP) is 2.31. The van der Waals surface area contributed by atoms with Crippen LogP contribution in [-0.2, 0) is 11.3 Å². The lowest BCUT2D eigenvalue weighted by atomic mass is 10.2. The van der Waals surface area contributed by atoms with Gasteiger partial charge in [0.05, 0.1) is 24.9 Å². The maximum Gasteiger partial charge on any atom is 0.0727 e. The highest BCUT2D eigenvalue weighted by atomic mass is 32.1. The van der Waals surface area contributed by atoms with Crippen LogP contribution < -0.4 is 0 Å². The lowest BCUT2D eigenvalue weighted by Crippen LogP contribution is -1.97. The first kappa shape index (κ1) is 10.1. The summed E-state index contributed by atoms with van der Waals surface area (Å²) >= 11 is 4.42. The number of hydrogen-bond acceptors (Lipinski definition) is 3. The van der Waals surface area contributed by atoms with Crippen LogP contribution in [0.4, 0.5) is 0 Å². The molecule has 2 nitrogen and oxygen atoms in total. The highest BCUT2D eigenvalue weighted by Gasteiger charge is 1.89. The summed E-state index contributed by atoms with van der Waals surface area (Å²) in [6, 6.07) is 10.0. The molecule has 1 rings (SSSR count). The number of aliphatic imine (C=N–C) groups is 1. The number of thiocarbonyl (C=S) groups is 1. The zero-order valence-corrected chi connectivity index (χ0v) is 8.09. The van der Waals surface area contributed by atoms with Crippen LogP contribution >= 0.6 is 12.2 Å². The molecule has 0 amide bonds. The minimum absolute atomic E-state index is 0.594. The Morgan fingerprint density at radius 3 is 2.77 bits per heavy atom. The van der Waals surface area contributed by atoms with Gasteiger partial charge in [0.25, 0.3) is 0 Å². The molecule has 0 spiro atoms. The zero-order chi connectivity index (χ0) is 9.36. The molecule has 0 aliphatic carbocycles. The third-order valence-electron chi connectivity index (χ3n) is 1.52. The van der Waals surface area contributed by atoms with E-state index >= 15 is 0 Å². The van der Waals surface area contributed by atoms with Crippen LogP contribution in [0.1, 0.15) is 5.56 Å². The summed E-state index contributed by atoms with van der Waals surface area (Å²) in [4.78, 5) is 3.74. The van der Waals surface area contributed by atoms with Crippen molar-refractivity contribution < 1.29 is 4.74 Å². The maximum atomic E-state index is 5.34. The van der Waals surface area contributed by atoms with Crippen molar-refractivity contribution in [2.24, 2.45) is 4.99 Å². The summed E-state index contributed by atoms with van der Waals surface area (Å²) < 4.78 is 5.34. The molecule has 3 heteroatoms. The highest BCUT2D eigenvalue weighted by molar-refractivity contribution is 7.78. The maximum absolute atomic E-state index is 5.34. The third-order valence-corrected chi connectivity index (χ3v) is 1.65. The zero-order valence-electron chi connectivity index (χ0n) is 7.27. The van der Waals surface area contributed by atoms with E-state index in [2.05, 4.69) is 22.4 Å². The molecule has 0 radical (unpaired) electrons. The number of isothiocyanates is 1. The first-order chi connectivity index (χ1) is 6.43. The molecule has 0 fully saturated rings. The van der Waals surface area contributed by atoms with Crippen molar-refractivity contribution in [3.05, 3.63) is 35.9 Å². The van der Waals surface area contributed by atoms with Gasteiger partial charge in [-0.2, -0.15) is 0 Å². The van der Waals surface area contributed by atoms with Crippen LogP contribution in [0.2, 0.25) is 0 Å². The average Bonchev–Trinajstić information content (AvgIpc) is 2.19. The topological polar surface area (TPSA) is 21.6 Å². The van der Waals surface area contributed by atoms with E-state index in [0.29, 0.717) is 19.8 Å². The first-order valence-corrected chi connectivity index (χ1v) is 4.49. The Bertz CT molecular complexity index is 280. The number of benzene rings is 1. The molecular formula is C10H11NOS. The Morgan fingerprint density at radius 2 is 2.08 bits per heavy atom. The highest BCUT2D eigenvalue weighted by Crippen LogP contribution is 1.99. The molecule has 0 bridgehead atoms. The van der Waals surface area contributed by atoms with Crippen molar-refractivity contribution in [1.29, 1.82) is 0 Å². The Hall–Kier alpha value is -1.02. The molecule has 0 aromatic heterocycles. The van der Waals surface area contributed by atoms with E-state index in [-0.39, 0.29) is 0 Å². The molecule has 68 valence electrons. The molecule has 0 N–H and O–H groups in total. The van der Waals surface area contributed by atoms with Crippen molar-refractivity contribution in [1.82, 2.24) is 0 Å². The largest absolute Gasteiger partial charge is 0.375 e. The van der Waals surface area contributed by atoms with E-state index in [1.54, 1.807) is 0 Å². The molecule has 0 aliphatic heterocycles. The van der Waals surface area contributed by atoms with Crippen molar-refractivity contribution in [2.45, 2.75) is 6.61 Å². The number of nitrogens with zero attached hydrogens (tertiary/aromatic N) is 1. The fourth-order valence-electron chi connectivity index (χ4n) is 0.920. The lowest BCUT2D eigenvalue weighted by Gasteiger charge is -2.00. The van der Waals surface area contributed by atoms with Crippen LogP contribution in [0.15, 0.2) is 35.3 Å². The minimum Gasteiger partial charge on any atom is -0.375 e. The van der Waals surface area contributed by atoms with E-state index in [0.717, 1.165) is 0 Å². The molecule has 0 heterocycles. The van der Waals surface area contributed by atoms with Gasteiger partial charge in [0, 0.05) is 0 Å². The third kappa shape index (κ3) is 4.53. The second-order valence-corrected chi connectivity index (χ2v) is 2.69. The van der Waals surface area contributed by atoms with Gasteiger partial charge < -0.3 is 4.74 Å². The minimum atomic E-state index is 0.594. The van der Waals surface area contributed by atoms with E-state index in [4.69, 9.17) is 4.74 Å². The molecule has 0 saturated carbocycles. The van der Waals surface area contributed by atoms with E-state index < -0.39 is 0 Å². The average molecular weight is 193 g/mol. The summed E-state index contributed by atoms with van der Waals surface area (Å²) in [5.41, 5.74) is 1.17. The van der Waals surface area contributed by atoms with Crippen LogP contribution in [-0.4, -0.2) is 18.3 Å². The Morgan fingerprint density at radius 1 is 1.31 bits per heavy atom. The molecular weight excluding hydrogens is 182 g/mol. The van der Waals surface area contributed by atoms with Crippen molar-refractivity contribution in [2.75, 3.05) is 13.2 Å². The molecule has 0 aliphatic rings. The summed E-state index contributed by atoms with van der Waals surface area (Å²) in [5.74, 6) is 0. The second-order valence-electron chi connectivity index (χ2n) is 2.51. The van der Waals surface area contributed by atoms with E-state index in [9.17, 15) is 0 Å². The van der Waals surface area contributed by atoms with E-state index in [1.807, 2.05) is 30.3 Å². The molecule has 1 aromatic rings. The fourth-order valence-corrected chi connectivity index (χ4v) is 1.01. The smallest absolute Gasteiger partial charge is 0.0727 e. The van der Waals surface area contributed by atoms with Crippen molar-refractivity contribution in [3.63, 3.8) is 0 Å². The first-order valence-electron chi connectivity index (χ1n) is 4.09. The van der Waals surface area contributed by atoms with Crippen LogP contribution in [0.25, 0.3) is 0 Å². The van der Waals surface area contributed by atoms with Crippen molar-refractivity contribution in [3.8, 4) is 0 Å². The number of ether oxygens (including phenoxy) is 1.